The van der Waals surface area contributed by atoms with Crippen molar-refractivity contribution in [1.29, 1.82) is 0 Å². The number of furan rings is 1. The Labute approximate surface area is 345 Å². The van der Waals surface area contributed by atoms with Gasteiger partial charge in [-0.2, -0.15) is 0 Å². The third kappa shape index (κ3) is 5.67. The Hall–Kier alpha value is -8.15. The summed E-state index contributed by atoms with van der Waals surface area (Å²) in [7, 11) is 0. The molecular weight excluding hydrogens is 733 g/mol. The molecule has 0 saturated carbocycles. The summed E-state index contributed by atoms with van der Waals surface area (Å²) in [5.41, 5.74) is 11.9. The minimum absolute atomic E-state index is 0.567. The van der Waals surface area contributed by atoms with Gasteiger partial charge in [0, 0.05) is 44.3 Å². The number of para-hydroxylation sites is 2. The highest BCUT2D eigenvalue weighted by Crippen LogP contribution is 2.41. The van der Waals surface area contributed by atoms with E-state index in [1.54, 1.807) is 0 Å². The van der Waals surface area contributed by atoms with Crippen molar-refractivity contribution in [2.24, 2.45) is 0 Å². The Kier molecular flexibility index (Phi) is 7.78. The Morgan fingerprint density at radius 3 is 1.68 bits per heavy atom. The van der Waals surface area contributed by atoms with E-state index in [0.29, 0.717) is 17.5 Å². The minimum Gasteiger partial charge on any atom is -0.456 e. The molecule has 3 heterocycles. The van der Waals surface area contributed by atoms with Crippen LogP contribution in [0, 0.1) is 0 Å². The average Bonchev–Trinajstić information content (AvgIpc) is 3.86. The molecular formula is C55H34N4O. The largest absolute Gasteiger partial charge is 0.456 e. The van der Waals surface area contributed by atoms with Crippen LogP contribution >= 0.6 is 0 Å². The molecule has 0 spiro atoms. The first-order valence-electron chi connectivity index (χ1n) is 20.2. The van der Waals surface area contributed by atoms with Gasteiger partial charge >= 0.3 is 0 Å². The van der Waals surface area contributed by atoms with Crippen molar-refractivity contribution in [1.82, 2.24) is 19.5 Å². The van der Waals surface area contributed by atoms with Crippen LogP contribution in [0.3, 0.4) is 0 Å². The zero-order valence-electron chi connectivity index (χ0n) is 32.3. The van der Waals surface area contributed by atoms with E-state index >= 15 is 0 Å². The van der Waals surface area contributed by atoms with E-state index in [9.17, 15) is 0 Å². The van der Waals surface area contributed by atoms with E-state index in [2.05, 4.69) is 187 Å². The molecule has 12 rings (SSSR count). The number of aromatic nitrogens is 4. The molecule has 3 aromatic heterocycles. The van der Waals surface area contributed by atoms with Crippen LogP contribution in [0.4, 0.5) is 0 Å². The summed E-state index contributed by atoms with van der Waals surface area (Å²) >= 11 is 0. The van der Waals surface area contributed by atoms with E-state index in [1.165, 1.54) is 21.5 Å². The molecule has 0 saturated heterocycles. The van der Waals surface area contributed by atoms with Crippen LogP contribution in [0.25, 0.3) is 117 Å². The predicted octanol–water partition coefficient (Wildman–Crippen LogP) is 14.4. The van der Waals surface area contributed by atoms with Gasteiger partial charge in [0.1, 0.15) is 11.2 Å². The van der Waals surface area contributed by atoms with Crippen LogP contribution in [0.1, 0.15) is 0 Å². The second kappa shape index (κ2) is 13.8. The molecule has 0 aliphatic carbocycles. The summed E-state index contributed by atoms with van der Waals surface area (Å²) in [5, 5.41) is 6.73. The second-order valence-corrected chi connectivity index (χ2v) is 15.2. The Morgan fingerprint density at radius 1 is 0.333 bits per heavy atom. The maximum Gasteiger partial charge on any atom is 0.164 e. The van der Waals surface area contributed by atoms with Gasteiger partial charge in [0.2, 0.25) is 0 Å². The summed E-state index contributed by atoms with van der Waals surface area (Å²) in [6.07, 6.45) is 0. The fourth-order valence-electron chi connectivity index (χ4n) is 8.74. The molecule has 280 valence electrons. The van der Waals surface area contributed by atoms with E-state index in [0.717, 1.165) is 77.6 Å². The van der Waals surface area contributed by atoms with E-state index < -0.39 is 0 Å². The summed E-state index contributed by atoms with van der Waals surface area (Å²) in [4.78, 5) is 15.9. The maximum atomic E-state index is 6.71. The molecule has 12 aromatic rings. The van der Waals surface area contributed by atoms with Gasteiger partial charge in [-0.1, -0.05) is 164 Å². The summed E-state index contributed by atoms with van der Waals surface area (Å²) < 4.78 is 9.06. The SMILES string of the molecule is c1ccc(-c2ccc(-c3nc(-c4cccc(-c5ccccc5)c4)nc(-c4cc(-n5c6ccccc6c6cc7ccccc7cc65)cc5oc6ccccc6c45)n3)cc2)cc1. The van der Waals surface area contributed by atoms with Crippen LogP contribution in [0.15, 0.2) is 211 Å². The first-order valence-corrected chi connectivity index (χ1v) is 20.2. The molecule has 5 nitrogen and oxygen atoms in total. The zero-order chi connectivity index (χ0) is 39.6. The molecule has 9 aromatic carbocycles. The number of benzene rings is 9. The van der Waals surface area contributed by atoms with Crippen molar-refractivity contribution in [3.05, 3.63) is 206 Å². The first kappa shape index (κ1) is 33.9. The number of hydrogen-bond donors (Lipinski definition) is 0. The quantitative estimate of drug-likeness (QED) is 0.169. The lowest BCUT2D eigenvalue weighted by atomic mass is 10.0. The van der Waals surface area contributed by atoms with Gasteiger partial charge in [-0.15, -0.1) is 0 Å². The topological polar surface area (TPSA) is 56.7 Å². The smallest absolute Gasteiger partial charge is 0.164 e. The van der Waals surface area contributed by atoms with Gasteiger partial charge in [0.25, 0.3) is 0 Å². The van der Waals surface area contributed by atoms with Crippen LogP contribution in [-0.4, -0.2) is 19.5 Å². The van der Waals surface area contributed by atoms with Gasteiger partial charge in [0.15, 0.2) is 17.5 Å². The molecule has 0 radical (unpaired) electrons. The number of rotatable bonds is 6. The van der Waals surface area contributed by atoms with Gasteiger partial charge in [-0.05, 0) is 69.4 Å². The molecule has 0 amide bonds. The normalized spacial score (nSPS) is 11.7. The van der Waals surface area contributed by atoms with Gasteiger partial charge in [-0.25, -0.2) is 15.0 Å². The molecule has 5 heteroatoms. The van der Waals surface area contributed by atoms with Crippen LogP contribution in [0.5, 0.6) is 0 Å². The fraction of sp³-hybridized carbons (Fsp3) is 0. The summed E-state index contributed by atoms with van der Waals surface area (Å²) in [6.45, 7) is 0. The first-order chi connectivity index (χ1) is 29.7. The zero-order valence-corrected chi connectivity index (χ0v) is 32.3. The highest BCUT2D eigenvalue weighted by Gasteiger charge is 2.22. The van der Waals surface area contributed by atoms with Crippen molar-refractivity contribution in [2.45, 2.75) is 0 Å². The predicted molar refractivity (Wildman–Crippen MR) is 246 cm³/mol. The molecule has 0 bridgehead atoms. The average molecular weight is 767 g/mol. The van der Waals surface area contributed by atoms with Crippen LogP contribution in [0.2, 0.25) is 0 Å². The van der Waals surface area contributed by atoms with E-state index in [-0.39, 0.29) is 0 Å². The molecule has 0 unspecified atom stereocenters. The molecule has 0 aliphatic rings. The van der Waals surface area contributed by atoms with Crippen molar-refractivity contribution < 1.29 is 4.42 Å². The molecule has 0 aliphatic heterocycles. The van der Waals surface area contributed by atoms with Crippen molar-refractivity contribution >= 4 is 54.5 Å². The maximum absolute atomic E-state index is 6.71. The van der Waals surface area contributed by atoms with Crippen molar-refractivity contribution in [3.8, 4) is 62.1 Å². The van der Waals surface area contributed by atoms with Crippen LogP contribution < -0.4 is 0 Å². The fourth-order valence-corrected chi connectivity index (χ4v) is 8.74. The lowest BCUT2D eigenvalue weighted by molar-refractivity contribution is 0.668. The Morgan fingerprint density at radius 2 is 0.900 bits per heavy atom. The minimum atomic E-state index is 0.567. The second-order valence-electron chi connectivity index (χ2n) is 15.2. The molecule has 0 N–H and O–H groups in total. The number of nitrogens with zero attached hydrogens (tertiary/aromatic N) is 4. The number of fused-ring (bicyclic) bond motifs is 7. The van der Waals surface area contributed by atoms with Crippen LogP contribution in [-0.2, 0) is 0 Å². The van der Waals surface area contributed by atoms with Gasteiger partial charge in [0.05, 0.1) is 16.7 Å². The highest BCUT2D eigenvalue weighted by atomic mass is 16.3. The Balaban J connectivity index is 1.13. The summed E-state index contributed by atoms with van der Waals surface area (Å²) in [6, 6.07) is 72.2. The molecule has 60 heavy (non-hydrogen) atoms. The standard InChI is InChI=1S/C55H34N4O/c1-3-14-35(15-4-1)37-26-28-38(29-27-37)53-56-54(42-21-13-20-39(30-42)36-16-5-2-6-17-36)58-55(57-53)47-33-43(34-51-52(47)45-23-10-12-25-50(45)60-51)59-48-24-11-9-22-44(48)46-31-40-18-7-8-19-41(40)32-49(46)59/h1-34H. The van der Waals surface area contributed by atoms with E-state index in [4.69, 9.17) is 19.4 Å². The third-order valence-corrected chi connectivity index (χ3v) is 11.6. The van der Waals surface area contributed by atoms with Crippen molar-refractivity contribution in [3.63, 3.8) is 0 Å². The third-order valence-electron chi connectivity index (χ3n) is 11.6. The number of hydrogen-bond acceptors (Lipinski definition) is 4. The molecule has 0 atom stereocenters. The molecule has 0 fully saturated rings. The lowest BCUT2D eigenvalue weighted by Gasteiger charge is -2.13. The Bertz CT molecular complexity index is 3590. The summed E-state index contributed by atoms with van der Waals surface area (Å²) in [5.74, 6) is 1.75. The monoisotopic (exact) mass is 766 g/mol. The van der Waals surface area contributed by atoms with Gasteiger partial charge in [-0.3, -0.25) is 0 Å². The van der Waals surface area contributed by atoms with Gasteiger partial charge < -0.3 is 8.98 Å². The van der Waals surface area contributed by atoms with E-state index in [1.807, 2.05) is 24.3 Å². The van der Waals surface area contributed by atoms with Crippen molar-refractivity contribution in [2.75, 3.05) is 0 Å². The highest BCUT2D eigenvalue weighted by molar-refractivity contribution is 6.15. The lowest BCUT2D eigenvalue weighted by Crippen LogP contribution is -2.02.